The third-order valence-electron chi connectivity index (χ3n) is 3.58. The zero-order chi connectivity index (χ0) is 12.4. The summed E-state index contributed by atoms with van der Waals surface area (Å²) in [5.41, 5.74) is 6.63. The summed E-state index contributed by atoms with van der Waals surface area (Å²) in [5.74, 6) is 0. The summed E-state index contributed by atoms with van der Waals surface area (Å²) >= 11 is 0. The molecule has 1 nitrogen and oxygen atoms in total. The van der Waals surface area contributed by atoms with Crippen LogP contribution in [0.1, 0.15) is 22.3 Å². The summed E-state index contributed by atoms with van der Waals surface area (Å²) in [6, 6.07) is 17.1. The molecule has 2 aromatic carbocycles. The molecular formula is C17H16O. The molecule has 0 aliphatic heterocycles. The van der Waals surface area contributed by atoms with Crippen LogP contribution >= 0.6 is 0 Å². The molecule has 0 aromatic heterocycles. The highest BCUT2D eigenvalue weighted by molar-refractivity contribution is 5.72. The van der Waals surface area contributed by atoms with E-state index in [4.69, 9.17) is 0 Å². The van der Waals surface area contributed by atoms with Gasteiger partial charge in [-0.2, -0.15) is 0 Å². The highest BCUT2D eigenvalue weighted by atomic mass is 16.2. The lowest BCUT2D eigenvalue weighted by atomic mass is 9.97. The van der Waals surface area contributed by atoms with E-state index in [1.54, 1.807) is 0 Å². The maximum atomic E-state index is 9.21. The van der Waals surface area contributed by atoms with Crippen LogP contribution in [-0.4, -0.2) is 11.7 Å². The van der Waals surface area contributed by atoms with Crippen molar-refractivity contribution in [1.82, 2.24) is 0 Å². The van der Waals surface area contributed by atoms with E-state index in [2.05, 4.69) is 48.5 Å². The maximum absolute atomic E-state index is 9.21. The number of hydrogen-bond donors (Lipinski definition) is 1. The summed E-state index contributed by atoms with van der Waals surface area (Å²) in [5, 5.41) is 9.21. The minimum Gasteiger partial charge on any atom is -0.392 e. The Morgan fingerprint density at radius 2 is 1.44 bits per heavy atom. The first-order chi connectivity index (χ1) is 8.88. The van der Waals surface area contributed by atoms with Gasteiger partial charge in [0.25, 0.3) is 0 Å². The second-order valence-corrected chi connectivity index (χ2v) is 4.69. The largest absolute Gasteiger partial charge is 0.392 e. The van der Waals surface area contributed by atoms with Crippen molar-refractivity contribution in [3.8, 4) is 0 Å². The number of hydrogen-bond acceptors (Lipinski definition) is 1. The van der Waals surface area contributed by atoms with Gasteiger partial charge in [0.2, 0.25) is 0 Å². The van der Waals surface area contributed by atoms with E-state index >= 15 is 0 Å². The predicted molar refractivity (Wildman–Crippen MR) is 74.5 cm³/mol. The first kappa shape index (κ1) is 11.2. The average molecular weight is 236 g/mol. The SMILES string of the molecule is OC/C=C1/Cc2ccccc2Cc2ccccc21. The predicted octanol–water partition coefficient (Wildman–Crippen LogP) is 3.21. The smallest absolute Gasteiger partial charge is 0.0618 e. The van der Waals surface area contributed by atoms with Crippen molar-refractivity contribution in [3.63, 3.8) is 0 Å². The van der Waals surface area contributed by atoms with E-state index in [0.29, 0.717) is 0 Å². The van der Waals surface area contributed by atoms with Crippen molar-refractivity contribution in [2.75, 3.05) is 6.61 Å². The van der Waals surface area contributed by atoms with Crippen LogP contribution in [0, 0.1) is 0 Å². The van der Waals surface area contributed by atoms with Crippen molar-refractivity contribution >= 4 is 5.57 Å². The molecule has 0 unspecified atom stereocenters. The van der Waals surface area contributed by atoms with E-state index < -0.39 is 0 Å². The number of fused-ring (bicyclic) bond motifs is 2. The molecule has 0 fully saturated rings. The van der Waals surface area contributed by atoms with Crippen molar-refractivity contribution in [1.29, 1.82) is 0 Å². The fourth-order valence-electron chi connectivity index (χ4n) is 2.69. The van der Waals surface area contributed by atoms with Crippen molar-refractivity contribution in [2.24, 2.45) is 0 Å². The number of allylic oxidation sites excluding steroid dienone is 1. The zero-order valence-corrected chi connectivity index (χ0v) is 10.3. The van der Waals surface area contributed by atoms with Gasteiger partial charge in [-0.25, -0.2) is 0 Å². The van der Waals surface area contributed by atoms with E-state index in [-0.39, 0.29) is 6.61 Å². The first-order valence-corrected chi connectivity index (χ1v) is 6.33. The Labute approximate surface area is 107 Å². The molecular weight excluding hydrogens is 220 g/mol. The summed E-state index contributed by atoms with van der Waals surface area (Å²) in [6.07, 6.45) is 3.82. The second-order valence-electron chi connectivity index (χ2n) is 4.69. The average Bonchev–Trinajstić information content (AvgIpc) is 2.56. The lowest BCUT2D eigenvalue weighted by Crippen LogP contribution is -1.92. The Morgan fingerprint density at radius 1 is 0.833 bits per heavy atom. The molecule has 0 saturated heterocycles. The molecule has 0 saturated carbocycles. The standard InChI is InChI=1S/C17H16O/c18-10-9-16-12-14-6-2-1-5-13(14)11-15-7-3-4-8-17(15)16/h1-9,18H,10-12H2/b16-9-. The number of aliphatic hydroxyl groups is 1. The molecule has 0 amide bonds. The molecule has 1 heteroatoms. The Morgan fingerprint density at radius 3 is 2.17 bits per heavy atom. The molecule has 3 rings (SSSR count). The van der Waals surface area contributed by atoms with Gasteiger partial charge in [0, 0.05) is 0 Å². The monoisotopic (exact) mass is 236 g/mol. The molecule has 18 heavy (non-hydrogen) atoms. The van der Waals surface area contributed by atoms with Crippen LogP contribution in [0.3, 0.4) is 0 Å². The summed E-state index contributed by atoms with van der Waals surface area (Å²) in [4.78, 5) is 0. The van der Waals surface area contributed by atoms with Crippen LogP contribution < -0.4 is 0 Å². The van der Waals surface area contributed by atoms with Crippen LogP contribution in [0.15, 0.2) is 54.6 Å². The van der Waals surface area contributed by atoms with Gasteiger partial charge >= 0.3 is 0 Å². The summed E-state index contributed by atoms with van der Waals surface area (Å²) in [6.45, 7) is 0.103. The van der Waals surface area contributed by atoms with Gasteiger partial charge < -0.3 is 5.11 Å². The first-order valence-electron chi connectivity index (χ1n) is 6.33. The lowest BCUT2D eigenvalue weighted by Gasteiger charge is -2.08. The minimum atomic E-state index is 0.103. The molecule has 1 aliphatic rings. The van der Waals surface area contributed by atoms with Crippen LogP contribution in [0.25, 0.3) is 5.57 Å². The maximum Gasteiger partial charge on any atom is 0.0618 e. The third-order valence-corrected chi connectivity index (χ3v) is 3.58. The summed E-state index contributed by atoms with van der Waals surface area (Å²) in [7, 11) is 0. The molecule has 0 spiro atoms. The summed E-state index contributed by atoms with van der Waals surface area (Å²) < 4.78 is 0. The molecule has 0 bridgehead atoms. The van der Waals surface area contributed by atoms with E-state index in [0.717, 1.165) is 12.8 Å². The normalized spacial score (nSPS) is 15.9. The Hall–Kier alpha value is -1.86. The fourth-order valence-corrected chi connectivity index (χ4v) is 2.69. The molecule has 1 aliphatic carbocycles. The minimum absolute atomic E-state index is 0.103. The van der Waals surface area contributed by atoms with Gasteiger partial charge in [-0.3, -0.25) is 0 Å². The Bertz CT molecular complexity index is 596. The molecule has 0 atom stereocenters. The molecule has 2 aromatic rings. The van der Waals surface area contributed by atoms with Crippen molar-refractivity contribution in [3.05, 3.63) is 76.9 Å². The molecule has 1 N–H and O–H groups in total. The quantitative estimate of drug-likeness (QED) is 0.806. The van der Waals surface area contributed by atoms with Gasteiger partial charge in [-0.15, -0.1) is 0 Å². The van der Waals surface area contributed by atoms with E-state index in [1.165, 1.54) is 27.8 Å². The third kappa shape index (κ3) is 1.98. The number of rotatable bonds is 1. The van der Waals surface area contributed by atoms with E-state index in [1.807, 2.05) is 6.08 Å². The van der Waals surface area contributed by atoms with Crippen LogP contribution in [-0.2, 0) is 12.8 Å². The Balaban J connectivity index is 2.17. The van der Waals surface area contributed by atoms with E-state index in [9.17, 15) is 5.11 Å². The topological polar surface area (TPSA) is 20.2 Å². The van der Waals surface area contributed by atoms with Gasteiger partial charge in [0.15, 0.2) is 0 Å². The van der Waals surface area contributed by atoms with Gasteiger partial charge in [0.05, 0.1) is 6.61 Å². The van der Waals surface area contributed by atoms with Crippen LogP contribution in [0.2, 0.25) is 0 Å². The highest BCUT2D eigenvalue weighted by Crippen LogP contribution is 2.30. The van der Waals surface area contributed by atoms with Gasteiger partial charge in [0.1, 0.15) is 0 Å². The molecule has 0 heterocycles. The fraction of sp³-hybridized carbons (Fsp3) is 0.176. The van der Waals surface area contributed by atoms with Crippen LogP contribution in [0.4, 0.5) is 0 Å². The second kappa shape index (κ2) is 4.79. The highest BCUT2D eigenvalue weighted by Gasteiger charge is 2.15. The Kier molecular flexibility index (Phi) is 2.99. The molecule has 0 radical (unpaired) electrons. The van der Waals surface area contributed by atoms with Crippen LogP contribution in [0.5, 0.6) is 0 Å². The van der Waals surface area contributed by atoms with Crippen molar-refractivity contribution in [2.45, 2.75) is 12.8 Å². The zero-order valence-electron chi connectivity index (χ0n) is 10.3. The number of benzene rings is 2. The number of aliphatic hydroxyl groups excluding tert-OH is 1. The van der Waals surface area contributed by atoms with Gasteiger partial charge in [-0.05, 0) is 40.7 Å². The molecule has 90 valence electrons. The lowest BCUT2D eigenvalue weighted by molar-refractivity contribution is 0.343. The van der Waals surface area contributed by atoms with Crippen molar-refractivity contribution < 1.29 is 5.11 Å². The van der Waals surface area contributed by atoms with Gasteiger partial charge in [-0.1, -0.05) is 54.6 Å².